The number of pyridine rings is 1. The number of aromatic nitrogens is 1. The van der Waals surface area contributed by atoms with Gasteiger partial charge in [0.15, 0.2) is 5.82 Å². The van der Waals surface area contributed by atoms with Crippen LogP contribution in [0.4, 0.5) is 21.6 Å². The van der Waals surface area contributed by atoms with Crippen molar-refractivity contribution in [3.05, 3.63) is 47.9 Å². The molecule has 1 amide bonds. The number of nitrogens with zero attached hydrogens (tertiary/aromatic N) is 5. The van der Waals surface area contributed by atoms with E-state index in [4.69, 9.17) is 5.26 Å². The first-order chi connectivity index (χ1) is 12.9. The highest BCUT2D eigenvalue weighted by atomic mass is 19.1. The number of amides is 1. The Morgan fingerprint density at radius 3 is 2.78 bits per heavy atom. The van der Waals surface area contributed by atoms with Gasteiger partial charge in [0, 0.05) is 40.4 Å². The van der Waals surface area contributed by atoms with Gasteiger partial charge in [0.05, 0.1) is 28.9 Å². The van der Waals surface area contributed by atoms with E-state index in [1.54, 1.807) is 36.3 Å². The van der Waals surface area contributed by atoms with Crippen molar-refractivity contribution in [2.45, 2.75) is 6.42 Å². The van der Waals surface area contributed by atoms with Crippen LogP contribution in [0.2, 0.25) is 0 Å². The summed E-state index contributed by atoms with van der Waals surface area (Å²) >= 11 is 0. The van der Waals surface area contributed by atoms with Crippen LogP contribution in [0.25, 0.3) is 0 Å². The molecule has 1 aromatic carbocycles. The van der Waals surface area contributed by atoms with Gasteiger partial charge in [-0.1, -0.05) is 0 Å². The van der Waals surface area contributed by atoms with Gasteiger partial charge in [-0.05, 0) is 36.8 Å². The molecule has 0 saturated carbocycles. The molecule has 0 N–H and O–H groups in total. The van der Waals surface area contributed by atoms with Gasteiger partial charge in [0.25, 0.3) is 0 Å². The van der Waals surface area contributed by atoms with Gasteiger partial charge in [-0.2, -0.15) is 5.26 Å². The first-order valence-electron chi connectivity index (χ1n) is 8.77. The second kappa shape index (κ2) is 7.62. The maximum Gasteiger partial charge on any atom is 0.231 e. The van der Waals surface area contributed by atoms with E-state index >= 15 is 0 Å². The molecule has 1 aliphatic rings. The minimum atomic E-state index is -0.433. The van der Waals surface area contributed by atoms with Crippen molar-refractivity contribution in [2.75, 3.05) is 48.9 Å². The van der Waals surface area contributed by atoms with Crippen LogP contribution < -0.4 is 14.7 Å². The van der Waals surface area contributed by atoms with Crippen molar-refractivity contribution in [2.24, 2.45) is 5.92 Å². The molecule has 1 unspecified atom stereocenters. The number of rotatable bonds is 4. The number of benzene rings is 1. The standard InChI is InChI=1S/C20H22FN5O/c1-24(2)19-18(5-4-9-23-19)25(3)20(27)15-8-10-26(13-15)17-7-6-14(12-22)11-16(17)21/h4-7,9,11,15H,8,10,13H2,1-3H3. The van der Waals surface area contributed by atoms with Crippen molar-refractivity contribution in [3.63, 3.8) is 0 Å². The van der Waals surface area contributed by atoms with Crippen molar-refractivity contribution in [1.82, 2.24) is 4.98 Å². The summed E-state index contributed by atoms with van der Waals surface area (Å²) in [4.78, 5) is 22.7. The van der Waals surface area contributed by atoms with Gasteiger partial charge < -0.3 is 14.7 Å². The fraction of sp³-hybridized carbons (Fsp3) is 0.350. The maximum atomic E-state index is 14.3. The van der Waals surface area contributed by atoms with E-state index in [9.17, 15) is 9.18 Å². The third kappa shape index (κ3) is 3.70. The Bertz CT molecular complexity index is 892. The minimum absolute atomic E-state index is 0.0114. The van der Waals surface area contributed by atoms with Crippen molar-refractivity contribution in [3.8, 4) is 6.07 Å². The SMILES string of the molecule is CN(C)c1ncccc1N(C)C(=O)C1CCN(c2ccc(C#N)cc2F)C1. The van der Waals surface area contributed by atoms with E-state index in [1.165, 1.54) is 6.07 Å². The summed E-state index contributed by atoms with van der Waals surface area (Å²) in [6.45, 7) is 1.05. The summed E-state index contributed by atoms with van der Waals surface area (Å²) in [6.07, 6.45) is 2.35. The monoisotopic (exact) mass is 367 g/mol. The fourth-order valence-corrected chi connectivity index (χ4v) is 3.40. The zero-order chi connectivity index (χ0) is 19.6. The van der Waals surface area contributed by atoms with Gasteiger partial charge in [-0.3, -0.25) is 4.79 Å². The molecule has 0 bridgehead atoms. The van der Waals surface area contributed by atoms with Crippen molar-refractivity contribution >= 4 is 23.1 Å². The van der Waals surface area contributed by atoms with E-state index in [2.05, 4.69) is 4.98 Å². The van der Waals surface area contributed by atoms with Crippen molar-refractivity contribution in [1.29, 1.82) is 5.26 Å². The first kappa shape index (κ1) is 18.6. The maximum absolute atomic E-state index is 14.3. The highest BCUT2D eigenvalue weighted by molar-refractivity contribution is 5.97. The molecule has 1 aliphatic heterocycles. The lowest BCUT2D eigenvalue weighted by atomic mass is 10.1. The molecule has 0 aliphatic carbocycles. The van der Waals surface area contributed by atoms with Gasteiger partial charge in [0.2, 0.25) is 5.91 Å². The fourth-order valence-electron chi connectivity index (χ4n) is 3.40. The van der Waals surface area contributed by atoms with Gasteiger partial charge in [0.1, 0.15) is 5.82 Å². The van der Waals surface area contributed by atoms with Crippen LogP contribution in [0.15, 0.2) is 36.5 Å². The second-order valence-electron chi connectivity index (χ2n) is 6.85. The molecule has 7 heteroatoms. The zero-order valence-corrected chi connectivity index (χ0v) is 15.7. The Morgan fingerprint density at radius 1 is 1.33 bits per heavy atom. The number of anilines is 3. The molecular weight excluding hydrogens is 345 g/mol. The largest absolute Gasteiger partial charge is 0.368 e. The molecular formula is C20H22FN5O. The van der Waals surface area contributed by atoms with E-state index in [0.717, 1.165) is 11.5 Å². The molecule has 140 valence electrons. The van der Waals surface area contributed by atoms with Crippen LogP contribution in [0, 0.1) is 23.1 Å². The Hall–Kier alpha value is -3.14. The van der Waals surface area contributed by atoms with Gasteiger partial charge >= 0.3 is 0 Å². The van der Waals surface area contributed by atoms with Gasteiger partial charge in [-0.15, -0.1) is 0 Å². The molecule has 1 aromatic heterocycles. The van der Waals surface area contributed by atoms with Crippen molar-refractivity contribution < 1.29 is 9.18 Å². The summed E-state index contributed by atoms with van der Waals surface area (Å²) in [5.41, 5.74) is 1.47. The van der Waals surface area contributed by atoms with E-state index < -0.39 is 5.82 Å². The van der Waals surface area contributed by atoms with Crippen LogP contribution in [-0.4, -0.2) is 45.1 Å². The smallest absolute Gasteiger partial charge is 0.231 e. The molecule has 1 atom stereocenters. The average Bonchev–Trinajstić information content (AvgIpc) is 3.16. The molecule has 0 radical (unpaired) electrons. The number of nitriles is 1. The molecule has 1 fully saturated rings. The minimum Gasteiger partial charge on any atom is -0.368 e. The van der Waals surface area contributed by atoms with E-state index in [1.807, 2.05) is 36.0 Å². The average molecular weight is 367 g/mol. The third-order valence-electron chi connectivity index (χ3n) is 4.84. The molecule has 1 saturated heterocycles. The lowest BCUT2D eigenvalue weighted by molar-refractivity contribution is -0.121. The molecule has 2 aromatic rings. The highest BCUT2D eigenvalue weighted by Crippen LogP contribution is 2.30. The lowest BCUT2D eigenvalue weighted by Crippen LogP contribution is -2.35. The van der Waals surface area contributed by atoms with Gasteiger partial charge in [-0.25, -0.2) is 9.37 Å². The molecule has 3 rings (SSSR count). The Morgan fingerprint density at radius 2 is 2.11 bits per heavy atom. The van der Waals surface area contributed by atoms with Crippen LogP contribution in [0.3, 0.4) is 0 Å². The van der Waals surface area contributed by atoms with E-state index in [-0.39, 0.29) is 17.4 Å². The van der Waals surface area contributed by atoms with Crippen LogP contribution in [0.5, 0.6) is 0 Å². The van der Waals surface area contributed by atoms with Crippen LogP contribution in [-0.2, 0) is 4.79 Å². The Balaban J connectivity index is 1.75. The quantitative estimate of drug-likeness (QED) is 0.831. The summed E-state index contributed by atoms with van der Waals surface area (Å²) in [5, 5.41) is 8.87. The molecule has 27 heavy (non-hydrogen) atoms. The number of hydrogen-bond acceptors (Lipinski definition) is 5. The number of halogens is 1. The molecule has 6 nitrogen and oxygen atoms in total. The third-order valence-corrected chi connectivity index (χ3v) is 4.84. The van der Waals surface area contributed by atoms with Crippen LogP contribution >= 0.6 is 0 Å². The predicted octanol–water partition coefficient (Wildman–Crippen LogP) is 2.65. The topological polar surface area (TPSA) is 63.5 Å². The highest BCUT2D eigenvalue weighted by Gasteiger charge is 2.32. The Labute approximate surface area is 158 Å². The summed E-state index contributed by atoms with van der Waals surface area (Å²) in [5.74, 6) is 0.0573. The predicted molar refractivity (Wildman–Crippen MR) is 103 cm³/mol. The number of carbonyl (C=O) groups excluding carboxylic acids is 1. The van der Waals surface area contributed by atoms with E-state index in [0.29, 0.717) is 25.2 Å². The summed E-state index contributed by atoms with van der Waals surface area (Å²) < 4.78 is 14.3. The second-order valence-corrected chi connectivity index (χ2v) is 6.85. The number of hydrogen-bond donors (Lipinski definition) is 0. The summed E-state index contributed by atoms with van der Waals surface area (Å²) in [6, 6.07) is 10.0. The summed E-state index contributed by atoms with van der Waals surface area (Å²) in [7, 11) is 5.52. The lowest BCUT2D eigenvalue weighted by Gasteiger charge is -2.25. The normalized spacial score (nSPS) is 16.1. The van der Waals surface area contributed by atoms with Crippen LogP contribution in [0.1, 0.15) is 12.0 Å². The number of carbonyl (C=O) groups is 1. The zero-order valence-electron chi connectivity index (χ0n) is 15.7. The first-order valence-corrected chi connectivity index (χ1v) is 8.77. The Kier molecular flexibility index (Phi) is 5.26. The molecule has 2 heterocycles. The molecule has 0 spiro atoms.